The fourth-order valence-electron chi connectivity index (χ4n) is 2.09. The second-order valence-corrected chi connectivity index (χ2v) is 5.79. The minimum absolute atomic E-state index is 0.435. The third-order valence-corrected chi connectivity index (χ3v) is 3.64. The molecule has 1 nitrogen and oxygen atoms in total. The quantitative estimate of drug-likeness (QED) is 0.672. The van der Waals surface area contributed by atoms with Crippen LogP contribution in [0, 0.1) is 17.3 Å². The van der Waals surface area contributed by atoms with Crippen molar-refractivity contribution in [3.63, 3.8) is 0 Å². The summed E-state index contributed by atoms with van der Waals surface area (Å²) in [6.07, 6.45) is 4.04. The first-order valence-electron chi connectivity index (χ1n) is 6.66. The van der Waals surface area contributed by atoms with Gasteiger partial charge >= 0.3 is 0 Å². The molecule has 1 atom stereocenters. The zero-order valence-corrected chi connectivity index (χ0v) is 11.7. The van der Waals surface area contributed by atoms with E-state index in [4.69, 9.17) is 0 Å². The summed E-state index contributed by atoms with van der Waals surface area (Å²) in [5.41, 5.74) is 0.435. The van der Waals surface area contributed by atoms with Crippen LogP contribution >= 0.6 is 0 Å². The average Bonchev–Trinajstić information content (AvgIpc) is 2.16. The van der Waals surface area contributed by atoms with Crippen molar-refractivity contribution in [1.82, 2.24) is 5.32 Å². The van der Waals surface area contributed by atoms with Crippen molar-refractivity contribution in [2.75, 3.05) is 13.1 Å². The van der Waals surface area contributed by atoms with Gasteiger partial charge in [-0.05, 0) is 36.8 Å². The highest BCUT2D eigenvalue weighted by Gasteiger charge is 2.25. The van der Waals surface area contributed by atoms with Gasteiger partial charge in [0, 0.05) is 0 Å². The zero-order chi connectivity index (χ0) is 11.9. The monoisotopic (exact) mass is 213 g/mol. The summed E-state index contributed by atoms with van der Waals surface area (Å²) < 4.78 is 0. The molecule has 0 aliphatic heterocycles. The van der Waals surface area contributed by atoms with Crippen LogP contribution in [0.4, 0.5) is 0 Å². The van der Waals surface area contributed by atoms with E-state index in [1.54, 1.807) is 0 Å². The summed E-state index contributed by atoms with van der Waals surface area (Å²) in [7, 11) is 0. The predicted molar refractivity (Wildman–Crippen MR) is 70.2 cm³/mol. The van der Waals surface area contributed by atoms with E-state index in [2.05, 4.69) is 46.9 Å². The summed E-state index contributed by atoms with van der Waals surface area (Å²) in [5.74, 6) is 1.72. The fourth-order valence-corrected chi connectivity index (χ4v) is 2.09. The van der Waals surface area contributed by atoms with Crippen molar-refractivity contribution >= 4 is 0 Å². The molecule has 0 amide bonds. The van der Waals surface area contributed by atoms with Gasteiger partial charge in [-0.3, -0.25) is 0 Å². The van der Waals surface area contributed by atoms with E-state index < -0.39 is 0 Å². The molecule has 92 valence electrons. The van der Waals surface area contributed by atoms with Crippen LogP contribution in [0.15, 0.2) is 0 Å². The van der Waals surface area contributed by atoms with Gasteiger partial charge in [0.05, 0.1) is 0 Å². The van der Waals surface area contributed by atoms with Gasteiger partial charge in [-0.2, -0.15) is 0 Å². The molecule has 0 heterocycles. The molecule has 0 radical (unpaired) electrons. The topological polar surface area (TPSA) is 12.0 Å². The van der Waals surface area contributed by atoms with Crippen LogP contribution in [-0.2, 0) is 0 Å². The van der Waals surface area contributed by atoms with Gasteiger partial charge in [0.2, 0.25) is 0 Å². The van der Waals surface area contributed by atoms with E-state index in [1.807, 2.05) is 0 Å². The molecule has 0 spiro atoms. The number of nitrogens with one attached hydrogen (secondary N) is 1. The Morgan fingerprint density at radius 1 is 1.00 bits per heavy atom. The number of hydrogen-bond acceptors (Lipinski definition) is 1. The first kappa shape index (κ1) is 15.0. The summed E-state index contributed by atoms with van der Waals surface area (Å²) in [6, 6.07) is 0. The predicted octanol–water partition coefficient (Wildman–Crippen LogP) is 4.08. The van der Waals surface area contributed by atoms with Gasteiger partial charge in [-0.15, -0.1) is 0 Å². The maximum absolute atomic E-state index is 3.51. The van der Waals surface area contributed by atoms with Gasteiger partial charge in [-0.1, -0.05) is 54.4 Å². The van der Waals surface area contributed by atoms with Crippen molar-refractivity contribution in [2.45, 2.75) is 60.8 Å². The Hall–Kier alpha value is -0.0400. The zero-order valence-electron chi connectivity index (χ0n) is 11.7. The van der Waals surface area contributed by atoms with Crippen molar-refractivity contribution < 1.29 is 0 Å². The maximum atomic E-state index is 3.51. The van der Waals surface area contributed by atoms with Crippen LogP contribution < -0.4 is 5.32 Å². The molecule has 0 aliphatic carbocycles. The molecule has 0 rings (SSSR count). The Kier molecular flexibility index (Phi) is 7.25. The van der Waals surface area contributed by atoms with Crippen LogP contribution in [0.5, 0.6) is 0 Å². The Bertz CT molecular complexity index is 142. The van der Waals surface area contributed by atoms with Gasteiger partial charge in [0.1, 0.15) is 0 Å². The van der Waals surface area contributed by atoms with Crippen molar-refractivity contribution in [3.05, 3.63) is 0 Å². The molecule has 0 aromatic rings. The Labute approximate surface area is 97.0 Å². The second-order valence-electron chi connectivity index (χ2n) is 5.79. The van der Waals surface area contributed by atoms with Crippen molar-refractivity contribution in [2.24, 2.45) is 17.3 Å². The van der Waals surface area contributed by atoms with E-state index in [0.717, 1.165) is 18.4 Å². The molecular formula is C14H31N. The van der Waals surface area contributed by atoms with E-state index in [1.165, 1.54) is 25.8 Å². The summed E-state index contributed by atoms with van der Waals surface area (Å²) in [6.45, 7) is 16.2. The minimum atomic E-state index is 0.435. The summed E-state index contributed by atoms with van der Waals surface area (Å²) in [4.78, 5) is 0. The Morgan fingerprint density at radius 3 is 1.87 bits per heavy atom. The highest BCUT2D eigenvalue weighted by molar-refractivity contribution is 4.78. The van der Waals surface area contributed by atoms with E-state index >= 15 is 0 Å². The smallest absolute Gasteiger partial charge is 0.00155 e. The molecule has 1 heteroatoms. The molecular weight excluding hydrogens is 182 g/mol. The average molecular weight is 213 g/mol. The number of rotatable bonds is 7. The molecule has 15 heavy (non-hydrogen) atoms. The minimum Gasteiger partial charge on any atom is -0.317 e. The molecule has 0 aromatic heterocycles. The van der Waals surface area contributed by atoms with Crippen molar-refractivity contribution in [3.8, 4) is 0 Å². The van der Waals surface area contributed by atoms with Crippen LogP contribution in [0.25, 0.3) is 0 Å². The maximum Gasteiger partial charge on any atom is -0.00155 e. The third kappa shape index (κ3) is 6.19. The highest BCUT2D eigenvalue weighted by atomic mass is 14.8. The molecule has 1 unspecified atom stereocenters. The molecule has 0 fully saturated rings. The lowest BCUT2D eigenvalue weighted by Crippen LogP contribution is -2.33. The van der Waals surface area contributed by atoms with Gasteiger partial charge in [-0.25, -0.2) is 0 Å². The Balaban J connectivity index is 4.23. The van der Waals surface area contributed by atoms with Crippen LogP contribution in [0.3, 0.4) is 0 Å². The van der Waals surface area contributed by atoms with E-state index in [-0.39, 0.29) is 0 Å². The summed E-state index contributed by atoms with van der Waals surface area (Å²) >= 11 is 0. The normalized spacial score (nSPS) is 14.6. The van der Waals surface area contributed by atoms with Crippen LogP contribution in [0.1, 0.15) is 60.8 Å². The lowest BCUT2D eigenvalue weighted by Gasteiger charge is -2.33. The van der Waals surface area contributed by atoms with Gasteiger partial charge < -0.3 is 5.32 Å². The second kappa shape index (κ2) is 7.27. The van der Waals surface area contributed by atoms with E-state index in [9.17, 15) is 0 Å². The first-order valence-corrected chi connectivity index (χ1v) is 6.66. The van der Waals surface area contributed by atoms with Crippen LogP contribution in [-0.4, -0.2) is 13.1 Å². The standard InChI is InChI=1S/C14H31N/c1-7-12(8-2)10-13(11-15-9-3)14(4,5)6/h12-13,15H,7-11H2,1-6H3. The fraction of sp³-hybridized carbons (Fsp3) is 1.00. The van der Waals surface area contributed by atoms with Gasteiger partial charge in [0.25, 0.3) is 0 Å². The summed E-state index contributed by atoms with van der Waals surface area (Å²) in [5, 5.41) is 3.51. The van der Waals surface area contributed by atoms with Crippen molar-refractivity contribution in [1.29, 1.82) is 0 Å². The Morgan fingerprint density at radius 2 is 1.53 bits per heavy atom. The lowest BCUT2D eigenvalue weighted by molar-refractivity contribution is 0.186. The molecule has 0 saturated carbocycles. The van der Waals surface area contributed by atoms with Gasteiger partial charge in [0.15, 0.2) is 0 Å². The van der Waals surface area contributed by atoms with Crippen LogP contribution in [0.2, 0.25) is 0 Å². The molecule has 1 N–H and O–H groups in total. The third-order valence-electron chi connectivity index (χ3n) is 3.64. The van der Waals surface area contributed by atoms with E-state index in [0.29, 0.717) is 5.41 Å². The lowest BCUT2D eigenvalue weighted by atomic mass is 9.75. The largest absolute Gasteiger partial charge is 0.317 e. The number of hydrogen-bond donors (Lipinski definition) is 1. The molecule has 0 saturated heterocycles. The SMILES string of the molecule is CCNCC(CC(CC)CC)C(C)(C)C. The molecule has 0 aliphatic rings. The first-order chi connectivity index (χ1) is 6.95. The molecule has 0 aromatic carbocycles. The highest BCUT2D eigenvalue weighted by Crippen LogP contribution is 2.32. The molecule has 0 bridgehead atoms.